The predicted octanol–water partition coefficient (Wildman–Crippen LogP) is 6.15. The summed E-state index contributed by atoms with van der Waals surface area (Å²) in [7, 11) is -4.95. The molecule has 3 aromatic rings. The second-order valence-electron chi connectivity index (χ2n) is 14.8. The zero-order chi connectivity index (χ0) is 41.1. The summed E-state index contributed by atoms with van der Waals surface area (Å²) in [6.07, 6.45) is 15.3. The van der Waals surface area contributed by atoms with Crippen LogP contribution in [0.15, 0.2) is 36.8 Å². The number of anilines is 1. The Labute approximate surface area is 335 Å². The average Bonchev–Trinajstić information content (AvgIpc) is 3.75. The van der Waals surface area contributed by atoms with Crippen LogP contribution in [0.5, 0.6) is 0 Å². The summed E-state index contributed by atoms with van der Waals surface area (Å²) in [5.74, 6) is 0.138. The maximum absolute atomic E-state index is 11.8. The number of aliphatic hydroxyl groups excluding tert-OH is 2. The van der Waals surface area contributed by atoms with Gasteiger partial charge in [0.25, 0.3) is 0 Å². The Hall–Kier alpha value is -3.54. The van der Waals surface area contributed by atoms with Gasteiger partial charge in [-0.2, -0.15) is 15.6 Å². The van der Waals surface area contributed by atoms with E-state index in [9.17, 15) is 29.8 Å². The average molecular weight is 814 g/mol. The number of unbranched alkanes of at least 4 members (excludes halogenated alkanes) is 15. The van der Waals surface area contributed by atoms with Crippen molar-refractivity contribution < 1.29 is 43.3 Å². The van der Waals surface area contributed by atoms with Gasteiger partial charge in [-0.25, -0.2) is 19.0 Å². The second-order valence-corrected chi connectivity index (χ2v) is 16.1. The van der Waals surface area contributed by atoms with E-state index < -0.39 is 50.6 Å². The molecule has 1 unspecified atom stereocenters. The van der Waals surface area contributed by atoms with Crippen LogP contribution in [0.1, 0.15) is 133 Å². The van der Waals surface area contributed by atoms with Gasteiger partial charge in [0.2, 0.25) is 5.60 Å². The quantitative estimate of drug-likeness (QED) is 0.0407. The van der Waals surface area contributed by atoms with Crippen LogP contribution in [0.25, 0.3) is 5.52 Å². The van der Waals surface area contributed by atoms with Gasteiger partial charge >= 0.3 is 7.82 Å². The summed E-state index contributed by atoms with van der Waals surface area (Å²) in [4.78, 5) is 27.2. The number of phosphoric acid groups is 1. The van der Waals surface area contributed by atoms with Gasteiger partial charge in [-0.3, -0.25) is 4.52 Å². The van der Waals surface area contributed by atoms with E-state index in [0.717, 1.165) is 19.3 Å². The number of aliphatic hydroxyl groups is 2. The molecule has 1 saturated heterocycles. The molecule has 4 heterocycles. The summed E-state index contributed by atoms with van der Waals surface area (Å²) < 4.78 is 36.7. The third kappa shape index (κ3) is 14.1. The number of nitriles is 2. The van der Waals surface area contributed by atoms with E-state index in [1.165, 1.54) is 106 Å². The lowest BCUT2D eigenvalue weighted by Gasteiger charge is -2.30. The van der Waals surface area contributed by atoms with Crippen molar-refractivity contribution in [3.8, 4) is 12.1 Å². The van der Waals surface area contributed by atoms with Crippen LogP contribution in [0.2, 0.25) is 0 Å². The maximum Gasteiger partial charge on any atom is 0.469 e. The first-order valence-electron chi connectivity index (χ1n) is 20.3. The van der Waals surface area contributed by atoms with Gasteiger partial charge < -0.3 is 39.9 Å². The molecule has 0 saturated carbocycles. The molecule has 4 rings (SSSR count). The lowest BCUT2D eigenvalue weighted by atomic mass is 9.91. The third-order valence-electron chi connectivity index (χ3n) is 10.5. The summed E-state index contributed by atoms with van der Waals surface area (Å²) in [6.45, 7) is 1.83. The van der Waals surface area contributed by atoms with Gasteiger partial charge in [0.05, 0.1) is 31.1 Å². The molecule has 0 spiro atoms. The van der Waals surface area contributed by atoms with Crippen molar-refractivity contribution in [1.29, 1.82) is 10.5 Å². The first-order chi connectivity index (χ1) is 27.5. The molecule has 1 aliphatic rings. The minimum atomic E-state index is -4.95. The van der Waals surface area contributed by atoms with Crippen LogP contribution < -0.4 is 5.73 Å². The lowest BCUT2D eigenvalue weighted by Crippen LogP contribution is -2.42. The van der Waals surface area contributed by atoms with Gasteiger partial charge in [0.15, 0.2) is 5.82 Å². The van der Waals surface area contributed by atoms with Crippen molar-refractivity contribution in [1.82, 2.24) is 19.6 Å². The number of fused-ring (bicyclic) bond motifs is 1. The topological polar surface area (TPSA) is 252 Å². The zero-order valence-corrected chi connectivity index (χ0v) is 33.9. The van der Waals surface area contributed by atoms with Crippen LogP contribution in [0, 0.1) is 22.7 Å². The van der Waals surface area contributed by atoms with Crippen LogP contribution in [-0.2, 0) is 35.5 Å². The Kier molecular flexibility index (Phi) is 19.2. The molecule has 0 aliphatic carbocycles. The van der Waals surface area contributed by atoms with E-state index in [1.807, 2.05) is 12.1 Å². The molecule has 0 radical (unpaired) electrons. The fraction of sp³-hybridized carbons (Fsp3) is 0.675. The highest BCUT2D eigenvalue weighted by Gasteiger charge is 2.58. The summed E-state index contributed by atoms with van der Waals surface area (Å²) in [5.41, 5.74) is 5.21. The lowest BCUT2D eigenvalue weighted by molar-refractivity contribution is -0.126. The van der Waals surface area contributed by atoms with Crippen LogP contribution >= 0.6 is 7.82 Å². The van der Waals surface area contributed by atoms with E-state index in [0.29, 0.717) is 17.5 Å². The van der Waals surface area contributed by atoms with Gasteiger partial charge in [-0.05, 0) is 30.2 Å². The molecule has 6 atom stereocenters. The van der Waals surface area contributed by atoms with Crippen LogP contribution in [0.3, 0.4) is 0 Å². The van der Waals surface area contributed by atoms with Crippen LogP contribution in [-0.4, -0.2) is 83.3 Å². The molecule has 3 aromatic heterocycles. The maximum atomic E-state index is 11.8. The number of nitrogens with zero attached hydrogens (tertiary/aromatic N) is 6. The molecule has 17 heteroatoms. The van der Waals surface area contributed by atoms with Crippen molar-refractivity contribution in [2.75, 3.05) is 18.9 Å². The Balaban J connectivity index is 1.37. The molecule has 16 nitrogen and oxygen atoms in total. The van der Waals surface area contributed by atoms with Gasteiger partial charge in [0.1, 0.15) is 48.0 Å². The van der Waals surface area contributed by atoms with E-state index >= 15 is 0 Å². The van der Waals surface area contributed by atoms with E-state index in [2.05, 4.69) is 22.0 Å². The highest BCUT2D eigenvalue weighted by Crippen LogP contribution is 2.42. The third-order valence-corrected chi connectivity index (χ3v) is 11.0. The Morgan fingerprint density at radius 3 is 2.09 bits per heavy atom. The van der Waals surface area contributed by atoms with Crippen molar-refractivity contribution in [3.05, 3.63) is 53.7 Å². The second kappa shape index (κ2) is 23.8. The molecule has 0 bridgehead atoms. The minimum absolute atomic E-state index is 0.0804. The van der Waals surface area contributed by atoms with E-state index in [1.54, 1.807) is 12.1 Å². The molecule has 1 fully saturated rings. The fourth-order valence-corrected chi connectivity index (χ4v) is 7.60. The number of phosphoric ester groups is 1. The monoisotopic (exact) mass is 813 g/mol. The number of pyridine rings is 1. The molecule has 0 amide bonds. The largest absolute Gasteiger partial charge is 0.469 e. The van der Waals surface area contributed by atoms with Crippen molar-refractivity contribution in [2.45, 2.75) is 159 Å². The Bertz CT molecular complexity index is 1760. The Morgan fingerprint density at radius 2 is 1.53 bits per heavy atom. The molecule has 6 N–H and O–H groups in total. The van der Waals surface area contributed by atoms with Gasteiger partial charge in [-0.15, -0.1) is 0 Å². The molecular formula is C40H60N7O9P. The van der Waals surface area contributed by atoms with E-state index in [-0.39, 0.29) is 36.8 Å². The summed E-state index contributed by atoms with van der Waals surface area (Å²) in [6, 6.07) is 10.2. The highest BCUT2D eigenvalue weighted by molar-refractivity contribution is 7.46. The fourth-order valence-electron chi connectivity index (χ4n) is 7.26. The molecular weight excluding hydrogens is 753 g/mol. The summed E-state index contributed by atoms with van der Waals surface area (Å²) in [5, 5.41) is 46.4. The SMILES string of the molecule is CCCCCCCCCCCCCCCCCCOC(C[C@H]1O[C@@](C#N)(c2ccc3c(N)ncnn23)[C@H](O)[C@@H]1O)[C@@H](COP(=O)(O)O)OCc1ccc(C#N)nc1. The molecule has 314 valence electrons. The molecule has 0 aromatic carbocycles. The summed E-state index contributed by atoms with van der Waals surface area (Å²) >= 11 is 0. The smallest absolute Gasteiger partial charge is 0.388 e. The van der Waals surface area contributed by atoms with Crippen molar-refractivity contribution in [2.24, 2.45) is 0 Å². The number of nitrogens with two attached hydrogens (primary N) is 1. The van der Waals surface area contributed by atoms with Crippen LogP contribution in [0.4, 0.5) is 5.82 Å². The zero-order valence-electron chi connectivity index (χ0n) is 33.0. The highest BCUT2D eigenvalue weighted by atomic mass is 31.2. The van der Waals surface area contributed by atoms with Gasteiger partial charge in [-0.1, -0.05) is 109 Å². The normalized spacial score (nSPS) is 20.7. The number of hydrogen-bond acceptors (Lipinski definition) is 13. The predicted molar refractivity (Wildman–Crippen MR) is 211 cm³/mol. The molecule has 57 heavy (non-hydrogen) atoms. The van der Waals surface area contributed by atoms with E-state index in [4.69, 9.17) is 29.7 Å². The minimum Gasteiger partial charge on any atom is -0.388 e. The number of rotatable bonds is 28. The van der Waals surface area contributed by atoms with Crippen molar-refractivity contribution in [3.63, 3.8) is 0 Å². The first-order valence-corrected chi connectivity index (χ1v) is 21.9. The number of ether oxygens (including phenoxy) is 3. The first kappa shape index (κ1) is 46.2. The Morgan fingerprint density at radius 1 is 0.895 bits per heavy atom. The molecule has 1 aliphatic heterocycles. The van der Waals surface area contributed by atoms with Gasteiger partial charge in [0, 0.05) is 19.2 Å². The standard InChI is InChI=1S/C40H60N7O9P/c1-2-3-4-5-6-7-8-9-10-11-12-13-14-15-16-17-22-53-33(35(27-55-57(50,51)52)54-26-30-18-19-31(24-41)44-25-30)23-34-37(48)38(49)40(28-42,56-34)36-21-20-32-39(43)45-29-46-47(32)36/h18-21,25,29,33-35,37-38,48-49H,2-17,22-23,26-27H2,1H3,(H2,43,45,46)(H2,50,51,52)/t33?,34-,35-,37-,38-,40+/m1/s1. The number of aromatic nitrogens is 4. The number of nitrogen functional groups attached to an aromatic ring is 1. The number of hydrogen-bond donors (Lipinski definition) is 5. The van der Waals surface area contributed by atoms with Crippen molar-refractivity contribution >= 4 is 19.2 Å².